The minimum atomic E-state index is -1.05. The van der Waals surface area contributed by atoms with E-state index >= 15 is 0 Å². The highest BCUT2D eigenvalue weighted by molar-refractivity contribution is 6.36. The molecule has 0 saturated heterocycles. The molecule has 2 rings (SSSR count). The number of benzene rings is 2. The molecular formula is C14H8Cl2O4. The van der Waals surface area contributed by atoms with Crippen molar-refractivity contribution < 1.29 is 19.4 Å². The standard InChI is InChI=1S/C14H8Cl2O4/c15-9-3-6-11(12(16)7-9)14(19)20-10-4-1-8(2-5-10)13(17)18/h1-7H,(H,17,18). The molecule has 20 heavy (non-hydrogen) atoms. The number of hydrogen-bond acceptors (Lipinski definition) is 3. The van der Waals surface area contributed by atoms with Crippen molar-refractivity contribution in [3.05, 3.63) is 63.6 Å². The predicted molar refractivity (Wildman–Crippen MR) is 74.8 cm³/mol. The van der Waals surface area contributed by atoms with Gasteiger partial charge in [0.25, 0.3) is 0 Å². The maximum atomic E-state index is 11.9. The molecule has 0 saturated carbocycles. The monoisotopic (exact) mass is 310 g/mol. The summed E-state index contributed by atoms with van der Waals surface area (Å²) in [5.74, 6) is -1.47. The van der Waals surface area contributed by atoms with Gasteiger partial charge in [-0.15, -0.1) is 0 Å². The smallest absolute Gasteiger partial charge is 0.345 e. The first kappa shape index (κ1) is 14.4. The summed E-state index contributed by atoms with van der Waals surface area (Å²) in [5, 5.41) is 9.36. The summed E-state index contributed by atoms with van der Waals surface area (Å²) in [5.41, 5.74) is 0.285. The zero-order valence-corrected chi connectivity index (χ0v) is 11.5. The molecule has 0 fully saturated rings. The number of carbonyl (C=O) groups is 2. The molecule has 2 aromatic rings. The van der Waals surface area contributed by atoms with E-state index in [0.717, 1.165) is 0 Å². The highest BCUT2D eigenvalue weighted by Crippen LogP contribution is 2.23. The van der Waals surface area contributed by atoms with Gasteiger partial charge < -0.3 is 9.84 Å². The zero-order valence-electron chi connectivity index (χ0n) is 9.97. The second-order valence-corrected chi connectivity index (χ2v) is 4.69. The van der Waals surface area contributed by atoms with Crippen LogP contribution in [0.4, 0.5) is 0 Å². The van der Waals surface area contributed by atoms with Crippen LogP contribution < -0.4 is 4.74 Å². The van der Waals surface area contributed by atoms with Gasteiger partial charge in [-0.1, -0.05) is 23.2 Å². The molecule has 0 aliphatic heterocycles. The van der Waals surface area contributed by atoms with Crippen LogP contribution in [0, 0.1) is 0 Å². The largest absolute Gasteiger partial charge is 0.478 e. The third-order valence-corrected chi connectivity index (χ3v) is 3.01. The van der Waals surface area contributed by atoms with Gasteiger partial charge in [0, 0.05) is 5.02 Å². The minimum absolute atomic E-state index is 0.106. The molecule has 0 unspecified atom stereocenters. The van der Waals surface area contributed by atoms with Crippen molar-refractivity contribution in [3.63, 3.8) is 0 Å². The van der Waals surface area contributed by atoms with Crippen LogP contribution in [0.5, 0.6) is 5.75 Å². The summed E-state index contributed by atoms with van der Waals surface area (Å²) in [6.07, 6.45) is 0. The molecule has 0 aromatic heterocycles. The molecule has 0 heterocycles. The lowest BCUT2D eigenvalue weighted by Crippen LogP contribution is -2.09. The number of aromatic carboxylic acids is 1. The molecule has 0 bridgehead atoms. The van der Waals surface area contributed by atoms with Crippen molar-refractivity contribution in [2.45, 2.75) is 0 Å². The Labute approximate surface area is 124 Å². The lowest BCUT2D eigenvalue weighted by Gasteiger charge is -2.06. The van der Waals surface area contributed by atoms with Crippen molar-refractivity contribution in [1.82, 2.24) is 0 Å². The Balaban J connectivity index is 2.17. The molecule has 0 amide bonds. The van der Waals surface area contributed by atoms with Gasteiger partial charge in [-0.25, -0.2) is 9.59 Å². The summed E-state index contributed by atoms with van der Waals surface area (Å²) in [7, 11) is 0. The van der Waals surface area contributed by atoms with Gasteiger partial charge in [-0.3, -0.25) is 0 Å². The number of ether oxygens (including phenoxy) is 1. The fraction of sp³-hybridized carbons (Fsp3) is 0. The van der Waals surface area contributed by atoms with Crippen molar-refractivity contribution in [1.29, 1.82) is 0 Å². The highest BCUT2D eigenvalue weighted by Gasteiger charge is 2.13. The van der Waals surface area contributed by atoms with Crippen molar-refractivity contribution in [3.8, 4) is 5.75 Å². The predicted octanol–water partition coefficient (Wildman–Crippen LogP) is 3.91. The Bertz CT molecular complexity index is 665. The third kappa shape index (κ3) is 3.29. The van der Waals surface area contributed by atoms with E-state index in [1.165, 1.54) is 42.5 Å². The molecule has 0 aliphatic carbocycles. The third-order valence-electron chi connectivity index (χ3n) is 2.46. The average Bonchev–Trinajstić information content (AvgIpc) is 2.39. The summed E-state index contributed by atoms with van der Waals surface area (Å²) < 4.78 is 5.10. The maximum Gasteiger partial charge on any atom is 0.345 e. The summed E-state index contributed by atoms with van der Waals surface area (Å²) in [4.78, 5) is 22.6. The van der Waals surface area contributed by atoms with Gasteiger partial charge in [0.05, 0.1) is 16.1 Å². The fourth-order valence-corrected chi connectivity index (χ4v) is 1.97. The van der Waals surface area contributed by atoms with E-state index in [1.54, 1.807) is 0 Å². The molecule has 2 aromatic carbocycles. The fourth-order valence-electron chi connectivity index (χ4n) is 1.48. The summed E-state index contributed by atoms with van der Waals surface area (Å²) in [6, 6.07) is 9.89. The van der Waals surface area contributed by atoms with Gasteiger partial charge in [0.1, 0.15) is 5.75 Å². The van der Waals surface area contributed by atoms with E-state index in [-0.39, 0.29) is 21.9 Å². The van der Waals surface area contributed by atoms with Gasteiger partial charge in [-0.2, -0.15) is 0 Å². The van der Waals surface area contributed by atoms with Crippen LogP contribution in [-0.2, 0) is 0 Å². The van der Waals surface area contributed by atoms with Crippen LogP contribution in [0.2, 0.25) is 10.0 Å². The van der Waals surface area contributed by atoms with Gasteiger partial charge in [0.2, 0.25) is 0 Å². The Kier molecular flexibility index (Phi) is 4.27. The van der Waals surface area contributed by atoms with Crippen molar-refractivity contribution >= 4 is 35.1 Å². The quantitative estimate of drug-likeness (QED) is 0.689. The zero-order chi connectivity index (χ0) is 14.7. The topological polar surface area (TPSA) is 63.6 Å². The first-order valence-corrected chi connectivity index (χ1v) is 6.23. The van der Waals surface area contributed by atoms with E-state index in [1.807, 2.05) is 0 Å². The minimum Gasteiger partial charge on any atom is -0.478 e. The van der Waals surface area contributed by atoms with Gasteiger partial charge >= 0.3 is 11.9 Å². The van der Waals surface area contributed by atoms with E-state index in [9.17, 15) is 9.59 Å². The van der Waals surface area contributed by atoms with Crippen LogP contribution >= 0.6 is 23.2 Å². The molecule has 6 heteroatoms. The first-order chi connectivity index (χ1) is 9.47. The van der Waals surface area contributed by atoms with Crippen LogP contribution in [0.25, 0.3) is 0 Å². The normalized spacial score (nSPS) is 10.1. The average molecular weight is 311 g/mol. The molecule has 0 atom stereocenters. The second-order valence-electron chi connectivity index (χ2n) is 3.84. The van der Waals surface area contributed by atoms with Crippen LogP contribution in [0.3, 0.4) is 0 Å². The van der Waals surface area contributed by atoms with Crippen molar-refractivity contribution in [2.75, 3.05) is 0 Å². The molecule has 0 radical (unpaired) electrons. The Morgan fingerprint density at radius 2 is 1.65 bits per heavy atom. The number of carbonyl (C=O) groups excluding carboxylic acids is 1. The molecule has 102 valence electrons. The number of halogens is 2. The van der Waals surface area contributed by atoms with Crippen LogP contribution in [-0.4, -0.2) is 17.0 Å². The number of rotatable bonds is 3. The summed E-state index contributed by atoms with van der Waals surface area (Å²) >= 11 is 11.6. The Morgan fingerprint density at radius 3 is 2.20 bits per heavy atom. The molecule has 4 nitrogen and oxygen atoms in total. The lowest BCUT2D eigenvalue weighted by atomic mass is 10.2. The highest BCUT2D eigenvalue weighted by atomic mass is 35.5. The number of carboxylic acid groups (broad SMARTS) is 1. The van der Waals surface area contributed by atoms with E-state index in [0.29, 0.717) is 5.02 Å². The molecule has 1 N–H and O–H groups in total. The SMILES string of the molecule is O=C(O)c1ccc(OC(=O)c2ccc(Cl)cc2Cl)cc1. The maximum absolute atomic E-state index is 11.9. The van der Waals surface area contributed by atoms with Crippen LogP contribution in [0.15, 0.2) is 42.5 Å². The van der Waals surface area contributed by atoms with E-state index < -0.39 is 11.9 Å². The first-order valence-electron chi connectivity index (χ1n) is 5.48. The number of carboxylic acids is 1. The Hall–Kier alpha value is -2.04. The van der Waals surface area contributed by atoms with Crippen LogP contribution in [0.1, 0.15) is 20.7 Å². The van der Waals surface area contributed by atoms with Crippen molar-refractivity contribution in [2.24, 2.45) is 0 Å². The van der Waals surface area contributed by atoms with E-state index in [4.69, 9.17) is 33.0 Å². The van der Waals surface area contributed by atoms with Gasteiger partial charge in [-0.05, 0) is 42.5 Å². The van der Waals surface area contributed by atoms with Gasteiger partial charge in [0.15, 0.2) is 0 Å². The number of hydrogen-bond donors (Lipinski definition) is 1. The molecule has 0 aliphatic rings. The molecular weight excluding hydrogens is 303 g/mol. The second kappa shape index (κ2) is 5.94. The lowest BCUT2D eigenvalue weighted by molar-refractivity contribution is 0.0696. The summed E-state index contributed by atoms with van der Waals surface area (Å²) in [6.45, 7) is 0. The van der Waals surface area contributed by atoms with E-state index in [2.05, 4.69) is 0 Å². The Morgan fingerprint density at radius 1 is 1.00 bits per heavy atom. The number of esters is 1. The molecule has 0 spiro atoms.